The van der Waals surface area contributed by atoms with Gasteiger partial charge in [0, 0.05) is 10.6 Å². The molecule has 31 heavy (non-hydrogen) atoms. The summed E-state index contributed by atoms with van der Waals surface area (Å²) in [6, 6.07) is 18.6. The molecule has 1 fully saturated rings. The second-order valence-electron chi connectivity index (χ2n) is 6.56. The van der Waals surface area contributed by atoms with Crippen LogP contribution in [0.4, 0.5) is 10.1 Å². The van der Waals surface area contributed by atoms with E-state index in [0.29, 0.717) is 30.7 Å². The Bertz CT molecular complexity index is 1200. The average molecular weight is 490 g/mol. The summed E-state index contributed by atoms with van der Waals surface area (Å²) in [5, 5.41) is 0.830. The van der Waals surface area contributed by atoms with Crippen LogP contribution in [-0.2, 0) is 11.4 Å². The van der Waals surface area contributed by atoms with Gasteiger partial charge in [-0.1, -0.05) is 71.4 Å². The number of thiocarbonyl (C=S) groups is 1. The summed E-state index contributed by atoms with van der Waals surface area (Å²) in [7, 11) is 0. The third kappa shape index (κ3) is 4.93. The van der Waals surface area contributed by atoms with E-state index < -0.39 is 5.82 Å². The Labute approximate surface area is 198 Å². The number of ether oxygens (including phenoxy) is 1. The maximum absolute atomic E-state index is 13.9. The number of anilines is 1. The van der Waals surface area contributed by atoms with E-state index in [4.69, 9.17) is 40.2 Å². The predicted molar refractivity (Wildman–Crippen MR) is 129 cm³/mol. The first-order valence-corrected chi connectivity index (χ1v) is 11.1. The highest BCUT2D eigenvalue weighted by Gasteiger charge is 2.33. The van der Waals surface area contributed by atoms with Gasteiger partial charge < -0.3 is 4.74 Å². The highest BCUT2D eigenvalue weighted by atomic mass is 35.5. The molecule has 0 saturated carbocycles. The van der Waals surface area contributed by atoms with E-state index in [1.165, 1.54) is 22.7 Å². The summed E-state index contributed by atoms with van der Waals surface area (Å²) in [5.74, 6) is -0.117. The lowest BCUT2D eigenvalue weighted by atomic mass is 10.2. The minimum atomic E-state index is -0.423. The van der Waals surface area contributed by atoms with Crippen LogP contribution >= 0.6 is 47.2 Å². The number of nitrogens with zero attached hydrogens (tertiary/aromatic N) is 1. The molecule has 0 atom stereocenters. The lowest BCUT2D eigenvalue weighted by Crippen LogP contribution is -2.27. The number of amides is 1. The molecule has 156 valence electrons. The fourth-order valence-corrected chi connectivity index (χ4v) is 4.68. The third-order valence-electron chi connectivity index (χ3n) is 4.46. The lowest BCUT2D eigenvalue weighted by Gasteiger charge is -2.14. The van der Waals surface area contributed by atoms with Crippen LogP contribution in [-0.4, -0.2) is 10.2 Å². The number of benzene rings is 3. The van der Waals surface area contributed by atoms with E-state index >= 15 is 0 Å². The summed E-state index contributed by atoms with van der Waals surface area (Å²) >= 11 is 18.7. The first kappa shape index (κ1) is 21.8. The van der Waals surface area contributed by atoms with Crippen molar-refractivity contribution in [3.8, 4) is 5.75 Å². The molecule has 1 aliphatic heterocycles. The molecule has 1 heterocycles. The second kappa shape index (κ2) is 9.40. The van der Waals surface area contributed by atoms with E-state index in [-0.39, 0.29) is 18.1 Å². The number of rotatable bonds is 5. The molecule has 0 aliphatic carbocycles. The van der Waals surface area contributed by atoms with Crippen molar-refractivity contribution in [3.05, 3.63) is 98.6 Å². The van der Waals surface area contributed by atoms with E-state index in [1.54, 1.807) is 60.7 Å². The number of thioether (sulfide) groups is 1. The van der Waals surface area contributed by atoms with Gasteiger partial charge in [0.2, 0.25) is 0 Å². The number of hydrogen-bond acceptors (Lipinski definition) is 4. The maximum atomic E-state index is 13.9. The van der Waals surface area contributed by atoms with Crippen molar-refractivity contribution in [1.82, 2.24) is 0 Å². The normalized spacial score (nSPS) is 15.1. The number of carbonyl (C=O) groups is 1. The highest BCUT2D eigenvalue weighted by molar-refractivity contribution is 8.27. The molecule has 3 aromatic rings. The Balaban J connectivity index is 1.53. The molecule has 1 saturated heterocycles. The minimum Gasteiger partial charge on any atom is -0.489 e. The molecular formula is C23H14Cl2FNO2S2. The summed E-state index contributed by atoms with van der Waals surface area (Å²) < 4.78 is 20.1. The van der Waals surface area contributed by atoms with Crippen LogP contribution in [0, 0.1) is 5.82 Å². The largest absolute Gasteiger partial charge is 0.489 e. The van der Waals surface area contributed by atoms with Crippen molar-refractivity contribution in [1.29, 1.82) is 0 Å². The van der Waals surface area contributed by atoms with Gasteiger partial charge in [-0.05, 0) is 54.1 Å². The predicted octanol–water partition coefficient (Wildman–Crippen LogP) is 7.12. The third-order valence-corrected chi connectivity index (χ3v) is 6.35. The van der Waals surface area contributed by atoms with Gasteiger partial charge in [-0.2, -0.15) is 0 Å². The molecule has 8 heteroatoms. The fourth-order valence-electron chi connectivity index (χ4n) is 2.98. The van der Waals surface area contributed by atoms with E-state index in [2.05, 4.69) is 0 Å². The molecule has 1 amide bonds. The average Bonchev–Trinajstić information content (AvgIpc) is 3.01. The van der Waals surface area contributed by atoms with Gasteiger partial charge >= 0.3 is 0 Å². The summed E-state index contributed by atoms with van der Waals surface area (Å²) in [4.78, 5) is 14.9. The molecular weight excluding hydrogens is 476 g/mol. The van der Waals surface area contributed by atoms with Gasteiger partial charge in [0.05, 0.1) is 15.6 Å². The van der Waals surface area contributed by atoms with Crippen LogP contribution in [0.15, 0.2) is 71.6 Å². The van der Waals surface area contributed by atoms with E-state index in [0.717, 1.165) is 5.56 Å². The molecule has 1 aliphatic rings. The van der Waals surface area contributed by atoms with E-state index in [1.807, 2.05) is 6.07 Å². The number of hydrogen-bond donors (Lipinski definition) is 0. The van der Waals surface area contributed by atoms with Crippen LogP contribution < -0.4 is 9.64 Å². The van der Waals surface area contributed by atoms with Crippen LogP contribution in [0.5, 0.6) is 5.75 Å². The minimum absolute atomic E-state index is 0.00809. The SMILES string of the molecule is O=C1/C(=C/c2cccc(OCc3c(F)cccc3Cl)c2)SC(=S)N1c1cccc(Cl)c1. The Hall–Kier alpha value is -2.38. The Kier molecular flexibility index (Phi) is 6.62. The summed E-state index contributed by atoms with van der Waals surface area (Å²) in [6.45, 7) is -0.00809. The van der Waals surface area contributed by atoms with Crippen molar-refractivity contribution in [2.75, 3.05) is 4.90 Å². The molecule has 0 radical (unpaired) electrons. The Morgan fingerprint density at radius 1 is 1.06 bits per heavy atom. The van der Waals surface area contributed by atoms with Crippen molar-refractivity contribution in [2.24, 2.45) is 0 Å². The molecule has 3 aromatic carbocycles. The maximum Gasteiger partial charge on any atom is 0.270 e. The van der Waals surface area contributed by atoms with Crippen LogP contribution in [0.25, 0.3) is 6.08 Å². The van der Waals surface area contributed by atoms with Gasteiger partial charge in [0.15, 0.2) is 4.32 Å². The molecule has 3 nitrogen and oxygen atoms in total. The monoisotopic (exact) mass is 489 g/mol. The van der Waals surface area contributed by atoms with Gasteiger partial charge in [-0.15, -0.1) is 0 Å². The summed E-state index contributed by atoms with van der Waals surface area (Å²) in [5.41, 5.74) is 1.66. The standard InChI is InChI=1S/C23H14Cl2FNO2S2/c24-15-5-2-6-16(12-15)27-22(28)21(31-23(27)30)11-14-4-1-7-17(10-14)29-13-18-19(25)8-3-9-20(18)26/h1-12H,13H2/b21-11-. The van der Waals surface area contributed by atoms with Crippen LogP contribution in [0.2, 0.25) is 10.0 Å². The molecule has 0 aromatic heterocycles. The topological polar surface area (TPSA) is 29.5 Å². The van der Waals surface area contributed by atoms with Crippen molar-refractivity contribution in [3.63, 3.8) is 0 Å². The highest BCUT2D eigenvalue weighted by Crippen LogP contribution is 2.37. The smallest absolute Gasteiger partial charge is 0.270 e. The Morgan fingerprint density at radius 3 is 2.61 bits per heavy atom. The van der Waals surface area contributed by atoms with Gasteiger partial charge in [-0.25, -0.2) is 4.39 Å². The molecule has 0 spiro atoms. The first-order valence-electron chi connectivity index (χ1n) is 9.11. The summed E-state index contributed by atoms with van der Waals surface area (Å²) in [6.07, 6.45) is 1.74. The van der Waals surface area contributed by atoms with Crippen molar-refractivity contribution in [2.45, 2.75) is 6.61 Å². The number of halogens is 3. The van der Waals surface area contributed by atoms with Crippen molar-refractivity contribution >= 4 is 69.2 Å². The molecule has 4 rings (SSSR count). The van der Waals surface area contributed by atoms with Crippen LogP contribution in [0.3, 0.4) is 0 Å². The number of carbonyl (C=O) groups excluding carboxylic acids is 1. The quantitative estimate of drug-likeness (QED) is 0.282. The molecule has 0 unspecified atom stereocenters. The zero-order chi connectivity index (χ0) is 22.0. The van der Waals surface area contributed by atoms with Crippen molar-refractivity contribution < 1.29 is 13.9 Å². The molecule has 0 N–H and O–H groups in total. The van der Waals surface area contributed by atoms with Gasteiger partial charge in [-0.3, -0.25) is 9.69 Å². The van der Waals surface area contributed by atoms with Gasteiger partial charge in [0.1, 0.15) is 18.2 Å². The van der Waals surface area contributed by atoms with E-state index in [9.17, 15) is 9.18 Å². The molecule has 0 bridgehead atoms. The first-order chi connectivity index (χ1) is 14.9. The Morgan fingerprint density at radius 2 is 1.84 bits per heavy atom. The lowest BCUT2D eigenvalue weighted by molar-refractivity contribution is -0.113. The van der Waals surface area contributed by atoms with Gasteiger partial charge in [0.25, 0.3) is 5.91 Å². The van der Waals surface area contributed by atoms with Crippen LogP contribution in [0.1, 0.15) is 11.1 Å². The second-order valence-corrected chi connectivity index (χ2v) is 9.08. The zero-order valence-electron chi connectivity index (χ0n) is 15.8. The fraction of sp³-hybridized carbons (Fsp3) is 0.0435. The zero-order valence-corrected chi connectivity index (χ0v) is 19.0.